The molecule has 4 nitrogen and oxygen atoms in total. The normalized spacial score (nSPS) is 13.9. The van der Waals surface area contributed by atoms with Gasteiger partial charge in [-0.15, -0.1) is 0 Å². The highest BCUT2D eigenvalue weighted by atomic mass is 19.1. The van der Waals surface area contributed by atoms with Crippen molar-refractivity contribution in [3.63, 3.8) is 0 Å². The first kappa shape index (κ1) is 11.5. The Kier molecular flexibility index (Phi) is 2.41. The van der Waals surface area contributed by atoms with E-state index < -0.39 is 17.6 Å². The number of aromatic nitrogens is 1. The average Bonchev–Trinajstić information content (AvgIpc) is 2.66. The minimum atomic E-state index is -0.472. The van der Waals surface area contributed by atoms with Gasteiger partial charge in [0.15, 0.2) is 0 Å². The van der Waals surface area contributed by atoms with Crippen molar-refractivity contribution < 1.29 is 14.0 Å². The van der Waals surface area contributed by atoms with Crippen LogP contribution in [0.2, 0.25) is 0 Å². The molecule has 0 spiro atoms. The highest BCUT2D eigenvalue weighted by molar-refractivity contribution is 6.34. The summed E-state index contributed by atoms with van der Waals surface area (Å²) >= 11 is 0. The zero-order chi connectivity index (χ0) is 13.6. The Labute approximate surface area is 108 Å². The lowest BCUT2D eigenvalue weighted by Crippen LogP contribution is -2.30. The molecular weight excluding hydrogens is 247 g/mol. The van der Waals surface area contributed by atoms with Crippen LogP contribution in [0.5, 0.6) is 0 Å². The van der Waals surface area contributed by atoms with Crippen molar-refractivity contribution in [2.24, 2.45) is 0 Å². The number of halogens is 1. The quantitative estimate of drug-likeness (QED) is 0.736. The molecular formula is C14H9FN2O2. The fourth-order valence-electron chi connectivity index (χ4n) is 2.04. The van der Waals surface area contributed by atoms with Gasteiger partial charge in [-0.05, 0) is 30.7 Å². The third kappa shape index (κ3) is 1.62. The van der Waals surface area contributed by atoms with Crippen molar-refractivity contribution in [1.29, 1.82) is 0 Å². The topological polar surface area (TPSA) is 50.3 Å². The van der Waals surface area contributed by atoms with Crippen LogP contribution in [0.4, 0.5) is 10.2 Å². The molecule has 1 aromatic carbocycles. The Balaban J connectivity index is 2.11. The van der Waals surface area contributed by atoms with E-state index in [-0.39, 0.29) is 5.82 Å². The third-order valence-electron chi connectivity index (χ3n) is 3.06. The van der Waals surface area contributed by atoms with Gasteiger partial charge in [0.2, 0.25) is 0 Å². The lowest BCUT2D eigenvalue weighted by Gasteiger charge is -2.13. The van der Waals surface area contributed by atoms with Crippen molar-refractivity contribution in [2.75, 3.05) is 4.90 Å². The molecule has 19 heavy (non-hydrogen) atoms. The van der Waals surface area contributed by atoms with E-state index in [0.29, 0.717) is 16.7 Å². The van der Waals surface area contributed by atoms with Gasteiger partial charge < -0.3 is 0 Å². The number of pyridine rings is 1. The van der Waals surface area contributed by atoms with Crippen LogP contribution in [0.25, 0.3) is 0 Å². The monoisotopic (exact) mass is 256 g/mol. The average molecular weight is 256 g/mol. The van der Waals surface area contributed by atoms with Gasteiger partial charge in [-0.1, -0.05) is 12.1 Å². The molecule has 5 heteroatoms. The summed E-state index contributed by atoms with van der Waals surface area (Å²) < 4.78 is 13.2. The molecule has 0 atom stereocenters. The van der Waals surface area contributed by atoms with E-state index >= 15 is 0 Å². The Hall–Kier alpha value is -2.56. The first-order valence-corrected chi connectivity index (χ1v) is 5.69. The number of benzene rings is 1. The number of carbonyl (C=O) groups is 2. The number of aryl methyl sites for hydroxylation is 1. The predicted octanol–water partition coefficient (Wildman–Crippen LogP) is 2.33. The molecule has 2 heterocycles. The number of rotatable bonds is 1. The summed E-state index contributed by atoms with van der Waals surface area (Å²) in [5, 5.41) is 0. The fraction of sp³-hybridized carbons (Fsp3) is 0.0714. The molecule has 0 unspecified atom stereocenters. The maximum Gasteiger partial charge on any atom is 0.267 e. The molecule has 1 aromatic heterocycles. The smallest absolute Gasteiger partial charge is 0.267 e. The molecule has 0 bridgehead atoms. The maximum atomic E-state index is 13.2. The van der Waals surface area contributed by atoms with Crippen molar-refractivity contribution in [3.8, 4) is 0 Å². The van der Waals surface area contributed by atoms with E-state index in [0.717, 1.165) is 11.1 Å². The number of amides is 2. The van der Waals surface area contributed by atoms with Gasteiger partial charge in [0, 0.05) is 0 Å². The summed E-state index contributed by atoms with van der Waals surface area (Å²) in [6.45, 7) is 1.55. The second kappa shape index (κ2) is 3.98. The number of nitrogens with zero attached hydrogens (tertiary/aromatic N) is 2. The molecule has 2 aromatic rings. The van der Waals surface area contributed by atoms with Crippen molar-refractivity contribution in [2.45, 2.75) is 6.92 Å². The summed E-state index contributed by atoms with van der Waals surface area (Å²) in [5.74, 6) is -1.19. The minimum absolute atomic E-state index is 0.144. The van der Waals surface area contributed by atoms with Crippen LogP contribution in [0, 0.1) is 12.7 Å². The molecule has 1 aliphatic heterocycles. The van der Waals surface area contributed by atoms with Gasteiger partial charge in [-0.3, -0.25) is 9.59 Å². The standard InChI is InChI=1S/C14H9FN2O2/c1-8-6-12(16-7-11(8)15)17-13(18)9-4-2-3-5-10(9)14(17)19/h2-7H,1H3. The zero-order valence-corrected chi connectivity index (χ0v) is 10.1. The number of hydrogen-bond donors (Lipinski definition) is 0. The first-order chi connectivity index (χ1) is 9.09. The Bertz CT molecular complexity index is 677. The van der Waals surface area contributed by atoms with Gasteiger partial charge in [0.1, 0.15) is 11.6 Å². The van der Waals surface area contributed by atoms with Crippen LogP contribution in [0.3, 0.4) is 0 Å². The minimum Gasteiger partial charge on any atom is -0.268 e. The lowest BCUT2D eigenvalue weighted by molar-refractivity contribution is 0.0925. The molecule has 0 fully saturated rings. The number of anilines is 1. The number of hydrogen-bond acceptors (Lipinski definition) is 3. The Morgan fingerprint density at radius 2 is 1.68 bits per heavy atom. The largest absolute Gasteiger partial charge is 0.268 e. The molecule has 0 N–H and O–H groups in total. The molecule has 1 aliphatic rings. The van der Waals surface area contributed by atoms with E-state index in [1.165, 1.54) is 6.07 Å². The first-order valence-electron chi connectivity index (χ1n) is 5.69. The summed E-state index contributed by atoms with van der Waals surface area (Å²) in [6, 6.07) is 7.95. The SMILES string of the molecule is Cc1cc(N2C(=O)c3ccccc3C2=O)ncc1F. The van der Waals surface area contributed by atoms with E-state index in [9.17, 15) is 14.0 Å². The molecule has 3 rings (SSSR count). The van der Waals surface area contributed by atoms with Crippen LogP contribution in [0.1, 0.15) is 26.3 Å². The lowest BCUT2D eigenvalue weighted by atomic mass is 10.1. The summed E-state index contributed by atoms with van der Waals surface area (Å²) in [5.41, 5.74) is 1.02. The molecule has 2 amide bonds. The van der Waals surface area contributed by atoms with E-state index in [4.69, 9.17) is 0 Å². The van der Waals surface area contributed by atoms with Crippen molar-refractivity contribution >= 4 is 17.6 Å². The molecule has 0 saturated carbocycles. The Morgan fingerprint density at radius 3 is 2.21 bits per heavy atom. The fourth-order valence-corrected chi connectivity index (χ4v) is 2.04. The number of carbonyl (C=O) groups excluding carboxylic acids is 2. The maximum absolute atomic E-state index is 13.2. The predicted molar refractivity (Wildman–Crippen MR) is 66.5 cm³/mol. The van der Waals surface area contributed by atoms with Gasteiger partial charge in [-0.2, -0.15) is 0 Å². The highest BCUT2D eigenvalue weighted by Crippen LogP contribution is 2.27. The number of fused-ring (bicyclic) bond motifs is 1. The Morgan fingerprint density at radius 1 is 1.11 bits per heavy atom. The molecule has 94 valence electrons. The van der Waals surface area contributed by atoms with Gasteiger partial charge in [0.05, 0.1) is 17.3 Å². The molecule has 0 radical (unpaired) electrons. The van der Waals surface area contributed by atoms with Crippen LogP contribution in [-0.4, -0.2) is 16.8 Å². The van der Waals surface area contributed by atoms with E-state index in [1.54, 1.807) is 31.2 Å². The summed E-state index contributed by atoms with van der Waals surface area (Å²) in [7, 11) is 0. The van der Waals surface area contributed by atoms with Crippen LogP contribution < -0.4 is 4.90 Å². The summed E-state index contributed by atoms with van der Waals surface area (Å²) in [4.78, 5) is 29.1. The third-order valence-corrected chi connectivity index (χ3v) is 3.06. The highest BCUT2D eigenvalue weighted by Gasteiger charge is 2.37. The van der Waals surface area contributed by atoms with Crippen molar-refractivity contribution in [3.05, 3.63) is 59.0 Å². The van der Waals surface area contributed by atoms with Crippen LogP contribution >= 0.6 is 0 Å². The zero-order valence-electron chi connectivity index (χ0n) is 10.1. The van der Waals surface area contributed by atoms with Gasteiger partial charge in [0.25, 0.3) is 11.8 Å². The second-order valence-electron chi connectivity index (χ2n) is 4.28. The van der Waals surface area contributed by atoms with Gasteiger partial charge in [-0.25, -0.2) is 14.3 Å². The number of imide groups is 1. The van der Waals surface area contributed by atoms with E-state index in [2.05, 4.69) is 4.98 Å². The van der Waals surface area contributed by atoms with Gasteiger partial charge >= 0.3 is 0 Å². The summed E-state index contributed by atoms with van der Waals surface area (Å²) in [6.07, 6.45) is 1.01. The molecule has 0 saturated heterocycles. The van der Waals surface area contributed by atoms with Crippen LogP contribution in [-0.2, 0) is 0 Å². The van der Waals surface area contributed by atoms with Crippen LogP contribution in [0.15, 0.2) is 36.5 Å². The second-order valence-corrected chi connectivity index (χ2v) is 4.28. The van der Waals surface area contributed by atoms with Crippen molar-refractivity contribution in [1.82, 2.24) is 4.98 Å². The van der Waals surface area contributed by atoms with E-state index in [1.807, 2.05) is 0 Å². The molecule has 0 aliphatic carbocycles.